The normalized spacial score (nSPS) is 21.6. The minimum absolute atomic E-state index is 0.0425. The number of fused-ring (bicyclic) bond motifs is 2. The van der Waals surface area contributed by atoms with Gasteiger partial charge in [0.1, 0.15) is 0 Å². The number of carboxylic acid groups (broad SMARTS) is 1. The summed E-state index contributed by atoms with van der Waals surface area (Å²) in [6.45, 7) is 9.92. The van der Waals surface area contributed by atoms with E-state index in [1.54, 1.807) is 23.5 Å². The predicted octanol–water partition coefficient (Wildman–Crippen LogP) is 6.20. The van der Waals surface area contributed by atoms with Crippen molar-refractivity contribution in [2.24, 2.45) is 10.8 Å². The fraction of sp³-hybridized carbons (Fsp3) is 0.321. The van der Waals surface area contributed by atoms with E-state index >= 15 is 0 Å². The van der Waals surface area contributed by atoms with E-state index in [2.05, 4.69) is 37.9 Å². The molecule has 0 fully saturated rings. The highest BCUT2D eigenvalue weighted by Gasteiger charge is 2.46. The summed E-state index contributed by atoms with van der Waals surface area (Å²) in [7, 11) is 0. The first kappa shape index (κ1) is 22.5. The number of hydrogen-bond acceptors (Lipinski definition) is 4. The maximum atomic E-state index is 13.4. The highest BCUT2D eigenvalue weighted by molar-refractivity contribution is 7.18. The number of carbonyl (C=O) groups is 2. The number of aromatic nitrogens is 1. The van der Waals surface area contributed by atoms with Crippen LogP contribution in [0.25, 0.3) is 15.8 Å². The molecule has 0 unspecified atom stereocenters. The molecule has 1 N–H and O–H groups in total. The molecule has 0 spiro atoms. The summed E-state index contributed by atoms with van der Waals surface area (Å²) < 4.78 is 1.10. The summed E-state index contributed by atoms with van der Waals surface area (Å²) in [6.07, 6.45) is 5.32. The Morgan fingerprint density at radius 1 is 1.03 bits per heavy atom. The van der Waals surface area contributed by atoms with Gasteiger partial charge < -0.3 is 10.0 Å². The minimum Gasteiger partial charge on any atom is -0.478 e. The lowest BCUT2D eigenvalue weighted by Crippen LogP contribution is -2.48. The molecule has 174 valence electrons. The number of allylic oxidation sites excluding steroid dienone is 2. The van der Waals surface area contributed by atoms with Crippen molar-refractivity contribution in [1.29, 1.82) is 0 Å². The number of carboxylic acids is 1. The van der Waals surface area contributed by atoms with Crippen LogP contribution < -0.4 is 0 Å². The molecule has 0 saturated carbocycles. The zero-order chi connectivity index (χ0) is 24.3. The molecule has 5 rings (SSSR count). The predicted molar refractivity (Wildman–Crippen MR) is 136 cm³/mol. The second kappa shape index (κ2) is 7.91. The van der Waals surface area contributed by atoms with E-state index in [1.807, 2.05) is 42.2 Å². The summed E-state index contributed by atoms with van der Waals surface area (Å²) in [4.78, 5) is 31.1. The lowest BCUT2D eigenvalue weighted by Gasteiger charge is -2.50. The van der Waals surface area contributed by atoms with Crippen molar-refractivity contribution in [3.63, 3.8) is 0 Å². The number of hydrogen-bond donors (Lipinski definition) is 1. The van der Waals surface area contributed by atoms with Crippen molar-refractivity contribution in [3.8, 4) is 0 Å². The molecular formula is C28H28N2O3S. The van der Waals surface area contributed by atoms with Crippen LogP contribution in [-0.2, 0) is 0 Å². The Hall–Kier alpha value is -3.25. The molecule has 0 saturated heterocycles. The van der Waals surface area contributed by atoms with Crippen molar-refractivity contribution >= 4 is 39.0 Å². The third kappa shape index (κ3) is 3.66. The second-order valence-corrected chi connectivity index (χ2v) is 11.3. The third-order valence-electron chi connectivity index (χ3n) is 7.28. The van der Waals surface area contributed by atoms with Crippen LogP contribution in [0.2, 0.25) is 0 Å². The van der Waals surface area contributed by atoms with E-state index in [0.717, 1.165) is 27.2 Å². The molecule has 1 aliphatic heterocycles. The molecular weight excluding hydrogens is 444 g/mol. The van der Waals surface area contributed by atoms with Crippen LogP contribution in [-0.4, -0.2) is 40.0 Å². The maximum Gasteiger partial charge on any atom is 0.335 e. The van der Waals surface area contributed by atoms with E-state index < -0.39 is 5.97 Å². The van der Waals surface area contributed by atoms with Gasteiger partial charge in [-0.3, -0.25) is 4.79 Å². The van der Waals surface area contributed by atoms with Gasteiger partial charge in [-0.1, -0.05) is 50.6 Å². The highest BCUT2D eigenvalue weighted by atomic mass is 32.1. The van der Waals surface area contributed by atoms with Crippen LogP contribution in [0.4, 0.5) is 0 Å². The fourth-order valence-corrected chi connectivity index (χ4v) is 6.52. The van der Waals surface area contributed by atoms with Gasteiger partial charge in [-0.15, -0.1) is 11.3 Å². The number of thiazole rings is 1. The first-order chi connectivity index (χ1) is 16.1. The summed E-state index contributed by atoms with van der Waals surface area (Å²) >= 11 is 1.64. The Morgan fingerprint density at radius 2 is 1.74 bits per heavy atom. The molecule has 3 aromatic rings. The monoisotopic (exact) mass is 472 g/mol. The largest absolute Gasteiger partial charge is 0.478 e. The van der Waals surface area contributed by atoms with Gasteiger partial charge in [-0.2, -0.15) is 0 Å². The van der Waals surface area contributed by atoms with Gasteiger partial charge >= 0.3 is 5.97 Å². The molecule has 6 heteroatoms. The number of carbonyl (C=O) groups excluding carboxylic acids is 1. The number of rotatable bonds is 3. The zero-order valence-electron chi connectivity index (χ0n) is 19.9. The maximum absolute atomic E-state index is 13.4. The molecule has 2 aromatic carbocycles. The van der Waals surface area contributed by atoms with Crippen molar-refractivity contribution in [1.82, 2.24) is 9.88 Å². The molecule has 2 heterocycles. The molecule has 1 atom stereocenters. The van der Waals surface area contributed by atoms with Crippen LogP contribution in [0.1, 0.15) is 58.5 Å². The van der Waals surface area contributed by atoms with Gasteiger partial charge in [0.15, 0.2) is 0 Å². The topological polar surface area (TPSA) is 70.5 Å². The standard InChI is InChI=1S/C28H28N2O3S/c1-17-29-22-15-20(9-10-23(22)34-17)25(31)30-14-12-24-27(2,3)21(11-13-28(24,4)16-30)18-5-7-19(8-6-18)26(32)33/h5-12,15H,13-14,16H2,1-4H3,(H,32,33)/t28-/m1/s1. The Balaban J connectivity index is 1.42. The average Bonchev–Trinajstić information content (AvgIpc) is 3.17. The van der Waals surface area contributed by atoms with Crippen molar-refractivity contribution in [3.05, 3.63) is 81.9 Å². The molecule has 2 aliphatic rings. The van der Waals surface area contributed by atoms with Crippen LogP contribution in [0, 0.1) is 17.8 Å². The fourth-order valence-electron chi connectivity index (χ4n) is 5.71. The molecule has 1 amide bonds. The van der Waals surface area contributed by atoms with Crippen LogP contribution in [0.5, 0.6) is 0 Å². The van der Waals surface area contributed by atoms with Crippen molar-refractivity contribution < 1.29 is 14.7 Å². The van der Waals surface area contributed by atoms with E-state index in [-0.39, 0.29) is 16.7 Å². The van der Waals surface area contributed by atoms with E-state index in [4.69, 9.17) is 0 Å². The molecule has 1 aliphatic carbocycles. The molecule has 5 nitrogen and oxygen atoms in total. The summed E-state index contributed by atoms with van der Waals surface area (Å²) in [5, 5.41) is 10.2. The van der Waals surface area contributed by atoms with E-state index in [9.17, 15) is 14.7 Å². The Morgan fingerprint density at radius 3 is 2.44 bits per heavy atom. The summed E-state index contributed by atoms with van der Waals surface area (Å²) in [5.41, 5.74) is 5.08. The second-order valence-electron chi connectivity index (χ2n) is 10.1. The van der Waals surface area contributed by atoms with Gasteiger partial charge in [-0.25, -0.2) is 9.78 Å². The van der Waals surface area contributed by atoms with Crippen LogP contribution in [0.15, 0.2) is 60.2 Å². The van der Waals surface area contributed by atoms with Crippen molar-refractivity contribution in [2.75, 3.05) is 13.1 Å². The minimum atomic E-state index is -0.917. The highest BCUT2D eigenvalue weighted by Crippen LogP contribution is 2.55. The number of aromatic carboxylic acids is 1. The molecule has 1 aromatic heterocycles. The molecule has 0 radical (unpaired) electrons. The van der Waals surface area contributed by atoms with E-state index in [0.29, 0.717) is 24.2 Å². The Bertz CT molecular complexity index is 1380. The van der Waals surface area contributed by atoms with Gasteiger partial charge in [0.2, 0.25) is 0 Å². The molecule has 34 heavy (non-hydrogen) atoms. The lowest BCUT2D eigenvalue weighted by atomic mass is 9.58. The van der Waals surface area contributed by atoms with Crippen LogP contribution in [0.3, 0.4) is 0 Å². The van der Waals surface area contributed by atoms with Gasteiger partial charge in [-0.05, 0) is 54.8 Å². The number of benzene rings is 2. The van der Waals surface area contributed by atoms with Gasteiger partial charge in [0.05, 0.1) is 20.8 Å². The van der Waals surface area contributed by atoms with Gasteiger partial charge in [0.25, 0.3) is 5.91 Å². The van der Waals surface area contributed by atoms with Crippen LogP contribution >= 0.6 is 11.3 Å². The van der Waals surface area contributed by atoms with Gasteiger partial charge in [0, 0.05) is 29.5 Å². The number of amides is 1. The Labute approximate surface area is 203 Å². The quantitative estimate of drug-likeness (QED) is 0.461. The first-order valence-electron chi connectivity index (χ1n) is 11.5. The zero-order valence-corrected chi connectivity index (χ0v) is 20.7. The van der Waals surface area contributed by atoms with E-state index in [1.165, 1.54) is 11.1 Å². The van der Waals surface area contributed by atoms with Crippen molar-refractivity contribution in [2.45, 2.75) is 34.1 Å². The molecule has 0 bridgehead atoms. The smallest absolute Gasteiger partial charge is 0.335 e. The summed E-state index contributed by atoms with van der Waals surface area (Å²) in [5.74, 6) is -0.874. The first-order valence-corrected chi connectivity index (χ1v) is 12.3. The average molecular weight is 473 g/mol. The Kier molecular flexibility index (Phi) is 5.24. The number of nitrogens with zero attached hydrogens (tertiary/aromatic N) is 2. The summed E-state index contributed by atoms with van der Waals surface area (Å²) in [6, 6.07) is 12.9. The third-order valence-corrected chi connectivity index (χ3v) is 8.23. The lowest BCUT2D eigenvalue weighted by molar-refractivity contribution is 0.0678. The number of aryl methyl sites for hydroxylation is 1. The SMILES string of the molecule is Cc1nc2cc(C(=O)N3CC=C4C(C)(C)C(c5ccc(C(=O)O)cc5)=CC[C@]4(C)C3)ccc2s1.